The van der Waals surface area contributed by atoms with Gasteiger partial charge in [-0.1, -0.05) is 13.0 Å². The molecule has 72 valence electrons. The summed E-state index contributed by atoms with van der Waals surface area (Å²) in [4.78, 5) is 4.17. The Balaban J connectivity index is 2.27. The number of nitrogens with one attached hydrogen (secondary N) is 1. The van der Waals surface area contributed by atoms with Gasteiger partial charge >= 0.3 is 0 Å². The molecule has 13 heavy (non-hydrogen) atoms. The highest BCUT2D eigenvalue weighted by atomic mass is 35.5. The van der Waals surface area contributed by atoms with E-state index in [2.05, 4.69) is 17.2 Å². The highest BCUT2D eigenvalue weighted by Gasteiger charge is 2.00. The fraction of sp³-hybridized carbons (Fsp3) is 0.500. The molecule has 0 bridgehead atoms. The van der Waals surface area contributed by atoms with Crippen LogP contribution in [-0.4, -0.2) is 17.4 Å². The van der Waals surface area contributed by atoms with Gasteiger partial charge in [0.2, 0.25) is 0 Å². The van der Waals surface area contributed by atoms with E-state index in [1.165, 1.54) is 0 Å². The van der Waals surface area contributed by atoms with Crippen molar-refractivity contribution < 1.29 is 0 Å². The van der Waals surface area contributed by atoms with E-state index in [-0.39, 0.29) is 0 Å². The Morgan fingerprint density at radius 3 is 3.00 bits per heavy atom. The van der Waals surface area contributed by atoms with Gasteiger partial charge in [0.25, 0.3) is 0 Å². The van der Waals surface area contributed by atoms with Crippen LogP contribution in [0.3, 0.4) is 0 Å². The molecule has 1 rings (SSSR count). The van der Waals surface area contributed by atoms with Gasteiger partial charge in [0, 0.05) is 18.6 Å². The van der Waals surface area contributed by atoms with Crippen LogP contribution in [0.2, 0.25) is 0 Å². The summed E-state index contributed by atoms with van der Waals surface area (Å²) in [6.45, 7) is 3.11. The fourth-order valence-corrected chi connectivity index (χ4v) is 1.41. The van der Waals surface area contributed by atoms with E-state index in [9.17, 15) is 0 Å². The monoisotopic (exact) mass is 198 g/mol. The van der Waals surface area contributed by atoms with E-state index >= 15 is 0 Å². The first-order valence-electron chi connectivity index (χ1n) is 4.54. The first kappa shape index (κ1) is 10.3. The topological polar surface area (TPSA) is 24.9 Å². The van der Waals surface area contributed by atoms with Gasteiger partial charge in [0.15, 0.2) is 0 Å². The van der Waals surface area contributed by atoms with Crippen molar-refractivity contribution in [2.45, 2.75) is 13.3 Å². The van der Waals surface area contributed by atoms with Crippen LogP contribution in [0, 0.1) is 5.92 Å². The summed E-state index contributed by atoms with van der Waals surface area (Å²) < 4.78 is 0. The summed E-state index contributed by atoms with van der Waals surface area (Å²) in [6.07, 6.45) is 2.83. The van der Waals surface area contributed by atoms with Gasteiger partial charge in [0.1, 0.15) is 5.82 Å². The van der Waals surface area contributed by atoms with Crippen molar-refractivity contribution in [1.82, 2.24) is 4.98 Å². The minimum absolute atomic E-state index is 0.597. The zero-order valence-corrected chi connectivity index (χ0v) is 8.59. The number of nitrogens with zero attached hydrogens (tertiary/aromatic N) is 1. The molecule has 0 aliphatic carbocycles. The molecule has 1 heterocycles. The number of rotatable bonds is 5. The van der Waals surface area contributed by atoms with Crippen LogP contribution in [0.15, 0.2) is 24.4 Å². The maximum absolute atomic E-state index is 5.63. The minimum Gasteiger partial charge on any atom is -0.370 e. The summed E-state index contributed by atoms with van der Waals surface area (Å²) >= 11 is 5.63. The van der Waals surface area contributed by atoms with Crippen molar-refractivity contribution in [3.05, 3.63) is 24.4 Å². The SMILES string of the molecule is CC(CCCl)CNc1ccccn1. The van der Waals surface area contributed by atoms with Crippen molar-refractivity contribution in [2.24, 2.45) is 5.92 Å². The highest BCUT2D eigenvalue weighted by Crippen LogP contribution is 2.06. The van der Waals surface area contributed by atoms with Gasteiger partial charge in [-0.3, -0.25) is 0 Å². The molecule has 0 amide bonds. The maximum atomic E-state index is 5.63. The van der Waals surface area contributed by atoms with E-state index in [4.69, 9.17) is 11.6 Å². The van der Waals surface area contributed by atoms with E-state index in [1.807, 2.05) is 18.2 Å². The Hall–Kier alpha value is -0.760. The lowest BCUT2D eigenvalue weighted by molar-refractivity contribution is 0.596. The molecule has 0 fully saturated rings. The van der Waals surface area contributed by atoms with E-state index < -0.39 is 0 Å². The van der Waals surface area contributed by atoms with E-state index in [0.717, 1.165) is 24.7 Å². The molecule has 1 N–H and O–H groups in total. The van der Waals surface area contributed by atoms with Gasteiger partial charge in [-0.15, -0.1) is 11.6 Å². The molecule has 1 unspecified atom stereocenters. The molecule has 1 atom stereocenters. The second kappa shape index (κ2) is 5.81. The van der Waals surface area contributed by atoms with Crippen LogP contribution < -0.4 is 5.32 Å². The third kappa shape index (κ3) is 4.13. The lowest BCUT2D eigenvalue weighted by atomic mass is 10.1. The molecule has 3 heteroatoms. The van der Waals surface area contributed by atoms with Crippen LogP contribution in [0.5, 0.6) is 0 Å². The molecular formula is C10H15ClN2. The van der Waals surface area contributed by atoms with Gasteiger partial charge in [-0.25, -0.2) is 4.98 Å². The molecule has 0 saturated heterocycles. The molecule has 0 aliphatic rings. The van der Waals surface area contributed by atoms with Crippen molar-refractivity contribution in [2.75, 3.05) is 17.7 Å². The number of pyridine rings is 1. The Labute approximate surface area is 84.3 Å². The Kier molecular flexibility index (Phi) is 4.61. The van der Waals surface area contributed by atoms with Gasteiger partial charge in [-0.05, 0) is 24.5 Å². The Morgan fingerprint density at radius 1 is 1.54 bits per heavy atom. The van der Waals surface area contributed by atoms with Gasteiger partial charge < -0.3 is 5.32 Å². The van der Waals surface area contributed by atoms with Crippen LogP contribution in [0.1, 0.15) is 13.3 Å². The van der Waals surface area contributed by atoms with Gasteiger partial charge in [0.05, 0.1) is 0 Å². The second-order valence-electron chi connectivity index (χ2n) is 3.18. The van der Waals surface area contributed by atoms with Crippen LogP contribution >= 0.6 is 11.6 Å². The fourth-order valence-electron chi connectivity index (χ4n) is 1.03. The molecule has 0 radical (unpaired) electrons. The molecule has 1 aromatic rings. The van der Waals surface area contributed by atoms with Crippen molar-refractivity contribution in [3.8, 4) is 0 Å². The summed E-state index contributed by atoms with van der Waals surface area (Å²) in [5.41, 5.74) is 0. The van der Waals surface area contributed by atoms with Crippen molar-refractivity contribution in [3.63, 3.8) is 0 Å². The zero-order valence-electron chi connectivity index (χ0n) is 7.83. The predicted octanol–water partition coefficient (Wildman–Crippen LogP) is 2.76. The van der Waals surface area contributed by atoms with Crippen LogP contribution in [0.4, 0.5) is 5.82 Å². The number of aromatic nitrogens is 1. The van der Waals surface area contributed by atoms with Gasteiger partial charge in [-0.2, -0.15) is 0 Å². The molecule has 0 aliphatic heterocycles. The van der Waals surface area contributed by atoms with Crippen LogP contribution in [-0.2, 0) is 0 Å². The normalized spacial score (nSPS) is 12.5. The molecule has 0 spiro atoms. The number of hydrogen-bond donors (Lipinski definition) is 1. The quantitative estimate of drug-likeness (QED) is 0.736. The molecule has 1 aromatic heterocycles. The predicted molar refractivity (Wildman–Crippen MR) is 57.2 cm³/mol. The van der Waals surface area contributed by atoms with Crippen LogP contribution in [0.25, 0.3) is 0 Å². The van der Waals surface area contributed by atoms with Crippen molar-refractivity contribution >= 4 is 17.4 Å². The molecule has 0 aromatic carbocycles. The summed E-state index contributed by atoms with van der Waals surface area (Å²) in [7, 11) is 0. The molecule has 0 saturated carbocycles. The summed E-state index contributed by atoms with van der Waals surface area (Å²) in [5.74, 6) is 2.26. The number of anilines is 1. The number of hydrogen-bond acceptors (Lipinski definition) is 2. The number of alkyl halides is 1. The Bertz CT molecular complexity index is 226. The summed E-state index contributed by atoms with van der Waals surface area (Å²) in [5, 5.41) is 3.26. The standard InChI is InChI=1S/C10H15ClN2/c1-9(5-6-11)8-13-10-4-2-3-7-12-10/h2-4,7,9H,5-6,8H2,1H3,(H,12,13). The Morgan fingerprint density at radius 2 is 2.38 bits per heavy atom. The highest BCUT2D eigenvalue weighted by molar-refractivity contribution is 6.17. The lowest BCUT2D eigenvalue weighted by Crippen LogP contribution is -2.12. The molecule has 2 nitrogen and oxygen atoms in total. The third-order valence-electron chi connectivity index (χ3n) is 1.90. The van der Waals surface area contributed by atoms with E-state index in [1.54, 1.807) is 6.20 Å². The second-order valence-corrected chi connectivity index (χ2v) is 3.56. The maximum Gasteiger partial charge on any atom is 0.125 e. The third-order valence-corrected chi connectivity index (χ3v) is 2.12. The first-order valence-corrected chi connectivity index (χ1v) is 5.07. The summed E-state index contributed by atoms with van der Waals surface area (Å²) in [6, 6.07) is 5.85. The molecular weight excluding hydrogens is 184 g/mol. The average molecular weight is 199 g/mol. The zero-order chi connectivity index (χ0) is 9.52. The smallest absolute Gasteiger partial charge is 0.125 e. The first-order chi connectivity index (χ1) is 6.33. The minimum atomic E-state index is 0.597. The van der Waals surface area contributed by atoms with E-state index in [0.29, 0.717) is 5.92 Å². The largest absolute Gasteiger partial charge is 0.370 e. The lowest BCUT2D eigenvalue weighted by Gasteiger charge is -2.10. The van der Waals surface area contributed by atoms with Crippen molar-refractivity contribution in [1.29, 1.82) is 0 Å². The average Bonchev–Trinajstić information content (AvgIpc) is 2.17. The number of halogens is 1.